The van der Waals surface area contributed by atoms with Crippen molar-refractivity contribution >= 4 is 17.4 Å². The zero-order valence-corrected chi connectivity index (χ0v) is 16.5. The highest BCUT2D eigenvalue weighted by Gasteiger charge is 2.42. The molecule has 1 fully saturated rings. The molecule has 2 heterocycles. The van der Waals surface area contributed by atoms with Crippen LogP contribution in [0.15, 0.2) is 66.4 Å². The summed E-state index contributed by atoms with van der Waals surface area (Å²) in [6.45, 7) is 1.80. The lowest BCUT2D eigenvalue weighted by Gasteiger charge is -2.34. The zero-order chi connectivity index (χ0) is 20.2. The van der Waals surface area contributed by atoms with Gasteiger partial charge < -0.3 is 10.0 Å². The van der Waals surface area contributed by atoms with Crippen molar-refractivity contribution in [1.82, 2.24) is 9.80 Å². The van der Waals surface area contributed by atoms with E-state index in [-0.39, 0.29) is 24.3 Å². The first-order valence-corrected chi connectivity index (χ1v) is 10.2. The van der Waals surface area contributed by atoms with E-state index in [0.717, 1.165) is 30.5 Å². The van der Waals surface area contributed by atoms with Gasteiger partial charge in [0.05, 0.1) is 5.57 Å². The normalized spacial score (nSPS) is 20.0. The van der Waals surface area contributed by atoms with Gasteiger partial charge in [0, 0.05) is 26.2 Å². The summed E-state index contributed by atoms with van der Waals surface area (Å²) < 4.78 is 0. The van der Waals surface area contributed by atoms with Gasteiger partial charge in [0.1, 0.15) is 5.70 Å². The van der Waals surface area contributed by atoms with Gasteiger partial charge in [-0.15, -0.1) is 0 Å². The lowest BCUT2D eigenvalue weighted by Crippen LogP contribution is -2.41. The fourth-order valence-electron chi connectivity index (χ4n) is 4.23. The van der Waals surface area contributed by atoms with Crippen molar-refractivity contribution in [3.8, 4) is 0 Å². The standard InChI is InChI=1S/C24H26N2O3/c27-17-19-10-7-14-25(16-19)22-21(20-11-5-2-6-12-20)23(28)26(24(22)29)15-13-18-8-3-1-4-9-18/h1-6,8-9,11-12,19,27H,7,10,13-17H2. The van der Waals surface area contributed by atoms with Crippen molar-refractivity contribution in [3.63, 3.8) is 0 Å². The van der Waals surface area contributed by atoms with E-state index in [1.807, 2.05) is 65.6 Å². The van der Waals surface area contributed by atoms with Crippen LogP contribution in [0.3, 0.4) is 0 Å². The molecule has 150 valence electrons. The van der Waals surface area contributed by atoms with E-state index in [2.05, 4.69) is 0 Å². The Morgan fingerprint density at radius 1 is 0.931 bits per heavy atom. The minimum absolute atomic E-state index is 0.101. The highest BCUT2D eigenvalue weighted by Crippen LogP contribution is 2.34. The molecule has 1 unspecified atom stereocenters. The lowest BCUT2D eigenvalue weighted by molar-refractivity contribution is -0.137. The van der Waals surface area contributed by atoms with Crippen LogP contribution >= 0.6 is 0 Å². The third kappa shape index (κ3) is 3.96. The number of likely N-dealkylation sites (tertiary alicyclic amines) is 1. The predicted molar refractivity (Wildman–Crippen MR) is 112 cm³/mol. The topological polar surface area (TPSA) is 60.9 Å². The first-order valence-electron chi connectivity index (χ1n) is 10.2. The number of aliphatic hydroxyl groups is 1. The second-order valence-electron chi connectivity index (χ2n) is 7.72. The SMILES string of the molecule is O=C1C(c2ccccc2)=C(N2CCCC(CO)C2)C(=O)N1CCc1ccccc1. The lowest BCUT2D eigenvalue weighted by atomic mass is 9.97. The van der Waals surface area contributed by atoms with E-state index >= 15 is 0 Å². The fourth-order valence-corrected chi connectivity index (χ4v) is 4.23. The van der Waals surface area contributed by atoms with Crippen molar-refractivity contribution < 1.29 is 14.7 Å². The van der Waals surface area contributed by atoms with Crippen LogP contribution in [0, 0.1) is 5.92 Å². The molecule has 1 N–H and O–H groups in total. The number of carbonyl (C=O) groups excluding carboxylic acids is 2. The number of hydrogen-bond acceptors (Lipinski definition) is 4. The maximum Gasteiger partial charge on any atom is 0.277 e. The van der Waals surface area contributed by atoms with Crippen LogP contribution in [0.25, 0.3) is 5.57 Å². The first kappa shape index (κ1) is 19.4. The molecule has 5 nitrogen and oxygen atoms in total. The third-order valence-corrected chi connectivity index (χ3v) is 5.77. The molecule has 2 aromatic rings. The molecule has 0 bridgehead atoms. The summed E-state index contributed by atoms with van der Waals surface area (Å²) in [6, 6.07) is 19.3. The molecular formula is C24H26N2O3. The highest BCUT2D eigenvalue weighted by atomic mass is 16.3. The van der Waals surface area contributed by atoms with Crippen LogP contribution in [-0.4, -0.2) is 53.0 Å². The van der Waals surface area contributed by atoms with Gasteiger partial charge in [-0.3, -0.25) is 14.5 Å². The minimum Gasteiger partial charge on any atom is -0.396 e. The number of carbonyl (C=O) groups is 2. The van der Waals surface area contributed by atoms with Gasteiger partial charge in [0.15, 0.2) is 0 Å². The summed E-state index contributed by atoms with van der Waals surface area (Å²) >= 11 is 0. The maximum absolute atomic E-state index is 13.4. The molecule has 4 rings (SSSR count). The number of imide groups is 1. The number of nitrogens with zero attached hydrogens (tertiary/aromatic N) is 2. The Kier molecular flexibility index (Phi) is 5.76. The first-order chi connectivity index (χ1) is 14.2. The van der Waals surface area contributed by atoms with Crippen molar-refractivity contribution in [2.45, 2.75) is 19.3 Å². The molecule has 2 aromatic carbocycles. The predicted octanol–water partition coefficient (Wildman–Crippen LogP) is 2.71. The summed E-state index contributed by atoms with van der Waals surface area (Å²) in [7, 11) is 0. The Morgan fingerprint density at radius 2 is 1.62 bits per heavy atom. The molecule has 5 heteroatoms. The Morgan fingerprint density at radius 3 is 2.31 bits per heavy atom. The molecule has 0 saturated carbocycles. The van der Waals surface area contributed by atoms with E-state index in [1.54, 1.807) is 0 Å². The number of rotatable bonds is 6. The second-order valence-corrected chi connectivity index (χ2v) is 7.72. The molecule has 0 radical (unpaired) electrons. The Labute approximate surface area is 171 Å². The molecular weight excluding hydrogens is 364 g/mol. The average Bonchev–Trinajstić information content (AvgIpc) is 3.03. The Bertz CT molecular complexity index is 908. The monoisotopic (exact) mass is 390 g/mol. The van der Waals surface area contributed by atoms with Gasteiger partial charge in [0.25, 0.3) is 11.8 Å². The average molecular weight is 390 g/mol. The second kappa shape index (κ2) is 8.62. The smallest absolute Gasteiger partial charge is 0.277 e. The number of hydrogen-bond donors (Lipinski definition) is 1. The molecule has 0 aromatic heterocycles. The van der Waals surface area contributed by atoms with Crippen molar-refractivity contribution in [1.29, 1.82) is 0 Å². The van der Waals surface area contributed by atoms with Crippen molar-refractivity contribution in [2.24, 2.45) is 5.92 Å². The van der Waals surface area contributed by atoms with Crippen LogP contribution in [0.4, 0.5) is 0 Å². The molecule has 29 heavy (non-hydrogen) atoms. The molecule has 1 atom stereocenters. The highest BCUT2D eigenvalue weighted by molar-refractivity contribution is 6.35. The minimum atomic E-state index is -0.224. The van der Waals surface area contributed by atoms with Crippen LogP contribution in [0.1, 0.15) is 24.0 Å². The number of piperidine rings is 1. The quantitative estimate of drug-likeness (QED) is 0.771. The van der Waals surface area contributed by atoms with E-state index in [9.17, 15) is 14.7 Å². The van der Waals surface area contributed by atoms with Crippen LogP contribution in [0.5, 0.6) is 0 Å². The third-order valence-electron chi connectivity index (χ3n) is 5.77. The summed E-state index contributed by atoms with van der Waals surface area (Å²) in [6.07, 6.45) is 2.48. The van der Waals surface area contributed by atoms with Gasteiger partial charge in [-0.25, -0.2) is 0 Å². The molecule has 0 spiro atoms. The van der Waals surface area contributed by atoms with Crippen molar-refractivity contribution in [2.75, 3.05) is 26.2 Å². The Hall–Kier alpha value is -2.92. The van der Waals surface area contributed by atoms with Gasteiger partial charge >= 0.3 is 0 Å². The van der Waals surface area contributed by atoms with E-state index in [1.165, 1.54) is 4.90 Å². The maximum atomic E-state index is 13.4. The van der Waals surface area contributed by atoms with Gasteiger partial charge in [-0.05, 0) is 36.3 Å². The Balaban J connectivity index is 1.65. The van der Waals surface area contributed by atoms with Crippen LogP contribution in [0.2, 0.25) is 0 Å². The molecule has 0 aliphatic carbocycles. The summed E-state index contributed by atoms with van der Waals surface area (Å²) in [5.74, 6) is -0.309. The fraction of sp³-hybridized carbons (Fsp3) is 0.333. The van der Waals surface area contributed by atoms with Gasteiger partial charge in [0.2, 0.25) is 0 Å². The van der Waals surface area contributed by atoms with Crippen LogP contribution in [-0.2, 0) is 16.0 Å². The number of benzene rings is 2. The summed E-state index contributed by atoms with van der Waals surface area (Å²) in [5.41, 5.74) is 2.85. The molecule has 2 aliphatic rings. The van der Waals surface area contributed by atoms with E-state index in [0.29, 0.717) is 30.8 Å². The van der Waals surface area contributed by atoms with Crippen LogP contribution < -0.4 is 0 Å². The summed E-state index contributed by atoms with van der Waals surface area (Å²) in [4.78, 5) is 30.1. The van der Waals surface area contributed by atoms with Gasteiger partial charge in [-0.1, -0.05) is 60.7 Å². The molecule has 2 amide bonds. The molecule has 2 aliphatic heterocycles. The van der Waals surface area contributed by atoms with E-state index in [4.69, 9.17) is 0 Å². The number of amides is 2. The van der Waals surface area contributed by atoms with Gasteiger partial charge in [-0.2, -0.15) is 0 Å². The number of aliphatic hydroxyl groups excluding tert-OH is 1. The van der Waals surface area contributed by atoms with Crippen molar-refractivity contribution in [3.05, 3.63) is 77.5 Å². The largest absolute Gasteiger partial charge is 0.396 e. The summed E-state index contributed by atoms with van der Waals surface area (Å²) in [5, 5.41) is 9.61. The molecule has 1 saturated heterocycles. The van der Waals surface area contributed by atoms with E-state index < -0.39 is 0 Å². The zero-order valence-electron chi connectivity index (χ0n) is 16.5.